The zero-order valence-electron chi connectivity index (χ0n) is 21.4. The lowest BCUT2D eigenvalue weighted by atomic mass is 10.0. The zero-order valence-corrected chi connectivity index (χ0v) is 21.4. The Hall–Kier alpha value is -4.14. The van der Waals surface area contributed by atoms with Crippen molar-refractivity contribution >= 4 is 17.4 Å². The van der Waals surface area contributed by atoms with Crippen molar-refractivity contribution in [1.29, 1.82) is 0 Å². The van der Waals surface area contributed by atoms with Crippen molar-refractivity contribution in [3.63, 3.8) is 0 Å². The number of benzene rings is 2. The molecule has 0 radical (unpaired) electrons. The van der Waals surface area contributed by atoms with E-state index in [1.165, 1.54) is 69.4 Å². The second-order valence-electron chi connectivity index (χ2n) is 8.49. The number of aromatic nitrogens is 2. The van der Waals surface area contributed by atoms with E-state index in [4.69, 9.17) is 10.5 Å². The van der Waals surface area contributed by atoms with Gasteiger partial charge in [-0.3, -0.25) is 9.79 Å². The summed E-state index contributed by atoms with van der Waals surface area (Å²) in [5.74, 6) is 0.309. The maximum absolute atomic E-state index is 14.7. The lowest BCUT2D eigenvalue weighted by Gasteiger charge is -2.13. The van der Waals surface area contributed by atoms with E-state index in [1.54, 1.807) is 19.1 Å². The fraction of sp³-hybridized carbons (Fsp3) is 0.286. The highest BCUT2D eigenvalue weighted by Gasteiger charge is 2.18. The first kappa shape index (κ1) is 29.1. The molecule has 0 atom stereocenters. The van der Waals surface area contributed by atoms with E-state index in [-0.39, 0.29) is 22.9 Å². The van der Waals surface area contributed by atoms with E-state index >= 15 is 0 Å². The highest BCUT2D eigenvalue weighted by Crippen LogP contribution is 2.27. The number of rotatable bonds is 5. The maximum Gasteiger partial charge on any atom is 0.240 e. The molecule has 0 saturated heterocycles. The quantitative estimate of drug-likeness (QED) is 0.335. The van der Waals surface area contributed by atoms with Crippen LogP contribution in [-0.4, -0.2) is 28.6 Å². The van der Waals surface area contributed by atoms with Gasteiger partial charge in [-0.15, -0.1) is 0 Å². The third-order valence-corrected chi connectivity index (χ3v) is 5.60. The molecule has 4 N–H and O–H groups in total. The maximum atomic E-state index is 14.7. The van der Waals surface area contributed by atoms with Gasteiger partial charge < -0.3 is 16.2 Å². The molecule has 2 aromatic carbocycles. The molecule has 37 heavy (non-hydrogen) atoms. The minimum absolute atomic E-state index is 0.220. The molecule has 7 nitrogen and oxygen atoms in total. The molecule has 0 spiro atoms. The lowest BCUT2D eigenvalue weighted by Crippen LogP contribution is -2.13. The molecular formula is C28H33F2N5O2. The van der Waals surface area contributed by atoms with Gasteiger partial charge in [-0.1, -0.05) is 45.3 Å². The zero-order chi connectivity index (χ0) is 27.4. The first-order valence-corrected chi connectivity index (χ1v) is 11.9. The van der Waals surface area contributed by atoms with Gasteiger partial charge in [0.25, 0.3) is 0 Å². The van der Waals surface area contributed by atoms with Crippen molar-refractivity contribution in [1.82, 2.24) is 9.97 Å². The molecule has 1 aromatic heterocycles. The summed E-state index contributed by atoms with van der Waals surface area (Å²) in [6.07, 6.45) is 8.34. The highest BCUT2D eigenvalue weighted by molar-refractivity contribution is 6.16. The number of ether oxygens (including phenoxy) is 1. The number of hydrogen-bond donors (Lipinski definition) is 2. The molecule has 1 amide bonds. The smallest absolute Gasteiger partial charge is 0.240 e. The van der Waals surface area contributed by atoms with Crippen molar-refractivity contribution in [3.05, 3.63) is 89.9 Å². The monoisotopic (exact) mass is 509 g/mol. The second kappa shape index (κ2) is 14.4. The predicted octanol–water partition coefficient (Wildman–Crippen LogP) is 5.76. The van der Waals surface area contributed by atoms with Crippen LogP contribution < -0.4 is 16.2 Å². The highest BCUT2D eigenvalue weighted by atomic mass is 19.1. The van der Waals surface area contributed by atoms with E-state index in [9.17, 15) is 13.6 Å². The van der Waals surface area contributed by atoms with Crippen LogP contribution in [0.1, 0.15) is 49.4 Å². The van der Waals surface area contributed by atoms with Crippen molar-refractivity contribution in [2.75, 3.05) is 12.8 Å². The molecule has 3 aromatic rings. The Morgan fingerprint density at radius 2 is 1.78 bits per heavy atom. The fourth-order valence-corrected chi connectivity index (χ4v) is 3.70. The molecule has 1 aliphatic rings. The van der Waals surface area contributed by atoms with Gasteiger partial charge in [0.1, 0.15) is 35.3 Å². The number of halogens is 2. The van der Waals surface area contributed by atoms with E-state index < -0.39 is 17.5 Å². The summed E-state index contributed by atoms with van der Waals surface area (Å²) in [5.41, 5.74) is 12.1. The SMILES string of the molecule is C=CC(N)=O.CC1CCCC1.CN=C(c1ccc(Oc2cccc(F)c2)cc1F)c1c(C)ncnc1N. The van der Waals surface area contributed by atoms with Crippen LogP contribution in [0, 0.1) is 24.5 Å². The van der Waals surface area contributed by atoms with E-state index in [0.29, 0.717) is 17.0 Å². The average molecular weight is 510 g/mol. The van der Waals surface area contributed by atoms with Gasteiger partial charge in [0, 0.05) is 24.7 Å². The number of nitrogens with two attached hydrogens (primary N) is 2. The van der Waals surface area contributed by atoms with Crippen LogP contribution in [0.5, 0.6) is 11.5 Å². The Labute approximate surface area is 216 Å². The predicted molar refractivity (Wildman–Crippen MR) is 143 cm³/mol. The van der Waals surface area contributed by atoms with Crippen molar-refractivity contribution < 1.29 is 18.3 Å². The molecule has 1 fully saturated rings. The van der Waals surface area contributed by atoms with Crippen LogP contribution in [0.4, 0.5) is 14.6 Å². The number of carbonyl (C=O) groups excluding carboxylic acids is 1. The summed E-state index contributed by atoms with van der Waals surface area (Å²) in [6.45, 7) is 7.17. The number of primary amides is 1. The third kappa shape index (κ3) is 9.10. The standard InChI is InChI=1S/C19H16F2N4O.C6H12.C3H5NO/c1-11-17(19(22)25-10-24-11)18(23-2)15-7-6-14(9-16(15)21)26-13-5-3-4-12(20)8-13;1-6-4-2-3-5-6;1-2-3(4)5/h3-10H,1-2H3,(H2,22,24,25);6H,2-5H2,1H3;2H,1H2,(H2,4,5). The number of nitrogen functional groups attached to an aromatic ring is 1. The van der Waals surface area contributed by atoms with Crippen LogP contribution in [-0.2, 0) is 4.79 Å². The Morgan fingerprint density at radius 1 is 1.14 bits per heavy atom. The molecule has 1 saturated carbocycles. The largest absolute Gasteiger partial charge is 0.457 e. The van der Waals surface area contributed by atoms with Gasteiger partial charge >= 0.3 is 0 Å². The molecule has 0 unspecified atom stereocenters. The van der Waals surface area contributed by atoms with Crippen LogP contribution in [0.25, 0.3) is 0 Å². The number of carbonyl (C=O) groups is 1. The molecule has 0 aliphatic heterocycles. The minimum atomic E-state index is -0.554. The first-order chi connectivity index (χ1) is 17.7. The van der Waals surface area contributed by atoms with Crippen LogP contribution >= 0.6 is 0 Å². The minimum Gasteiger partial charge on any atom is -0.457 e. The molecular weight excluding hydrogens is 476 g/mol. The number of hydrogen-bond acceptors (Lipinski definition) is 6. The van der Waals surface area contributed by atoms with E-state index in [0.717, 1.165) is 12.0 Å². The summed E-state index contributed by atoms with van der Waals surface area (Å²) in [5, 5.41) is 0. The first-order valence-electron chi connectivity index (χ1n) is 11.9. The van der Waals surface area contributed by atoms with Gasteiger partial charge in [-0.25, -0.2) is 18.7 Å². The van der Waals surface area contributed by atoms with Crippen molar-refractivity contribution in [2.24, 2.45) is 16.6 Å². The lowest BCUT2D eigenvalue weighted by molar-refractivity contribution is -0.113. The van der Waals surface area contributed by atoms with Crippen molar-refractivity contribution in [2.45, 2.75) is 39.5 Å². The number of aryl methyl sites for hydroxylation is 1. The molecule has 196 valence electrons. The van der Waals surface area contributed by atoms with Gasteiger partial charge in [-0.05, 0) is 43.2 Å². The summed E-state index contributed by atoms with van der Waals surface area (Å²) < 4.78 is 33.4. The Kier molecular flexibility index (Phi) is 11.3. The van der Waals surface area contributed by atoms with Crippen LogP contribution in [0.15, 0.2) is 66.4 Å². The van der Waals surface area contributed by atoms with Gasteiger partial charge in [-0.2, -0.15) is 0 Å². The molecule has 4 rings (SSSR count). The number of nitrogens with zero attached hydrogens (tertiary/aromatic N) is 3. The van der Waals surface area contributed by atoms with Gasteiger partial charge in [0.2, 0.25) is 5.91 Å². The van der Waals surface area contributed by atoms with Crippen molar-refractivity contribution in [3.8, 4) is 11.5 Å². The van der Waals surface area contributed by atoms with Crippen LogP contribution in [0.2, 0.25) is 0 Å². The van der Waals surface area contributed by atoms with Crippen LogP contribution in [0.3, 0.4) is 0 Å². The molecule has 0 bridgehead atoms. The third-order valence-electron chi connectivity index (χ3n) is 5.60. The number of amides is 1. The molecule has 1 heterocycles. The van der Waals surface area contributed by atoms with Gasteiger partial charge in [0.15, 0.2) is 0 Å². The normalized spacial score (nSPS) is 13.1. The average Bonchev–Trinajstić information content (AvgIpc) is 3.34. The van der Waals surface area contributed by atoms with E-state index in [2.05, 4.69) is 34.2 Å². The summed E-state index contributed by atoms with van der Waals surface area (Å²) in [6, 6.07) is 9.92. The molecule has 1 aliphatic carbocycles. The van der Waals surface area contributed by atoms with E-state index in [1.807, 2.05) is 0 Å². The Balaban J connectivity index is 0.000000363. The Morgan fingerprint density at radius 3 is 2.27 bits per heavy atom. The Bertz CT molecular complexity index is 1220. The van der Waals surface area contributed by atoms with Gasteiger partial charge in [0.05, 0.1) is 17.0 Å². The number of anilines is 1. The number of aliphatic imine (C=N–C) groups is 1. The summed E-state index contributed by atoms with van der Waals surface area (Å²) in [4.78, 5) is 21.7. The fourth-order valence-electron chi connectivity index (χ4n) is 3.70. The molecule has 9 heteroatoms. The second-order valence-corrected chi connectivity index (χ2v) is 8.49. The summed E-state index contributed by atoms with van der Waals surface area (Å²) >= 11 is 0. The topological polar surface area (TPSA) is 116 Å². The summed E-state index contributed by atoms with van der Waals surface area (Å²) in [7, 11) is 1.54.